The number of amides is 1. The number of carbonyl (C=O) groups is 3. The van der Waals surface area contributed by atoms with Crippen LogP contribution in [0.2, 0.25) is 0 Å². The summed E-state index contributed by atoms with van der Waals surface area (Å²) in [7, 11) is 0. The van der Waals surface area contributed by atoms with Crippen molar-refractivity contribution in [2.45, 2.75) is 19.1 Å². The van der Waals surface area contributed by atoms with Crippen molar-refractivity contribution in [2.75, 3.05) is 6.73 Å². The van der Waals surface area contributed by atoms with Gasteiger partial charge >= 0.3 is 12.1 Å². The fourth-order valence-electron chi connectivity index (χ4n) is 1.87. The molecule has 0 spiro atoms. The smallest absolute Gasteiger partial charge is 0.414 e. The molecule has 0 bridgehead atoms. The molecule has 2 rings (SSSR count). The van der Waals surface area contributed by atoms with E-state index in [0.717, 1.165) is 5.56 Å². The molecule has 7 heteroatoms. The van der Waals surface area contributed by atoms with Gasteiger partial charge in [-0.05, 0) is 5.56 Å². The van der Waals surface area contributed by atoms with Gasteiger partial charge in [-0.3, -0.25) is 0 Å². The van der Waals surface area contributed by atoms with E-state index in [2.05, 4.69) is 0 Å². The summed E-state index contributed by atoms with van der Waals surface area (Å²) in [4.78, 5) is 34.1. The number of rotatable bonds is 4. The minimum atomic E-state index is -1.06. The summed E-state index contributed by atoms with van der Waals surface area (Å²) in [5.41, 5.74) is 0.794. The maximum absolute atomic E-state index is 12.0. The van der Waals surface area contributed by atoms with Crippen molar-refractivity contribution < 1.29 is 27.9 Å². The number of benzene rings is 1. The topological polar surface area (TPSA) is 69.7 Å². The summed E-state index contributed by atoms with van der Waals surface area (Å²) < 4.78 is 8.96. The average molecular weight is 299 g/mol. The van der Waals surface area contributed by atoms with Crippen LogP contribution in [0.3, 0.4) is 0 Å². The Hall–Kier alpha value is -1.92. The summed E-state index contributed by atoms with van der Waals surface area (Å²) in [5.74, 6) is -0.677. The Labute approximate surface area is 120 Å². The second-order valence-corrected chi connectivity index (χ2v) is 4.93. The molecular weight excluding hydrogens is 286 g/mol. The van der Waals surface area contributed by atoms with Gasteiger partial charge in [0.05, 0.1) is 6.42 Å². The Kier molecular flexibility index (Phi) is 4.36. The molecule has 0 N–H and O–H groups in total. The Morgan fingerprint density at radius 3 is 2.80 bits per heavy atom. The highest BCUT2D eigenvalue weighted by Crippen LogP contribution is 2.29. The van der Waals surface area contributed by atoms with Crippen LogP contribution in [0.1, 0.15) is 12.0 Å². The molecule has 0 radical (unpaired) electrons. The van der Waals surface area contributed by atoms with E-state index < -0.39 is 22.1 Å². The zero-order valence-corrected chi connectivity index (χ0v) is 11.3. The van der Waals surface area contributed by atoms with Crippen LogP contribution in [0.4, 0.5) is 4.79 Å². The molecule has 106 valence electrons. The Morgan fingerprint density at radius 1 is 1.45 bits per heavy atom. The molecule has 0 saturated carbocycles. The number of esters is 1. The average Bonchev–Trinajstić information content (AvgIpc) is 2.76. The fourth-order valence-corrected chi connectivity index (χ4v) is 2.13. The van der Waals surface area contributed by atoms with Gasteiger partial charge in [-0.1, -0.05) is 34.3 Å². The number of cyclic esters (lactones) is 1. The summed E-state index contributed by atoms with van der Waals surface area (Å²) in [6.45, 7) is -0.305. The number of halogens is 1. The predicted molar refractivity (Wildman–Crippen MR) is 68.2 cm³/mol. The highest BCUT2D eigenvalue weighted by molar-refractivity contribution is 6.13. The maximum Gasteiger partial charge on any atom is 0.538 e. The van der Waals surface area contributed by atoms with Gasteiger partial charge in [-0.25, -0.2) is 4.79 Å². The van der Waals surface area contributed by atoms with Gasteiger partial charge in [0.25, 0.3) is 6.73 Å². The summed E-state index contributed by atoms with van der Waals surface area (Å²) in [6, 6.07) is 7.99. The highest BCUT2D eigenvalue weighted by atomic mass is 35.5. The first-order valence-electron chi connectivity index (χ1n) is 5.97. The molecular formula is C13H13ClNO5+. The molecule has 1 heterocycles. The fraction of sp³-hybridized carbons (Fsp3) is 0.308. The Balaban J connectivity index is 2.03. The lowest BCUT2D eigenvalue weighted by Gasteiger charge is -2.21. The van der Waals surface area contributed by atoms with Crippen LogP contribution in [0.25, 0.3) is 0 Å². The van der Waals surface area contributed by atoms with Gasteiger partial charge in [0.2, 0.25) is 6.04 Å². The number of nitrogens with zero attached hydrogens (tertiary/aromatic N) is 1. The van der Waals surface area contributed by atoms with Gasteiger partial charge < -0.3 is 14.3 Å². The Bertz CT molecular complexity index is 521. The van der Waals surface area contributed by atoms with Crippen molar-refractivity contribution in [1.82, 2.24) is 0 Å². The second-order valence-electron chi connectivity index (χ2n) is 4.32. The van der Waals surface area contributed by atoms with E-state index in [9.17, 15) is 14.4 Å². The standard InChI is InChI=1S/C13H13ClNO5/c14-15(9-20-12(17)11(15)6-7-16)13(18)19-8-10-4-2-1-3-5-10/h1-5,7,11H,6,8-9H2/q+1/t11-,15?/m0/s1. The van der Waals surface area contributed by atoms with E-state index in [1.807, 2.05) is 18.2 Å². The van der Waals surface area contributed by atoms with Gasteiger partial charge in [0.1, 0.15) is 12.9 Å². The molecule has 1 aliphatic heterocycles. The van der Waals surface area contributed by atoms with Crippen LogP contribution in [0.15, 0.2) is 30.3 Å². The summed E-state index contributed by atoms with van der Waals surface area (Å²) >= 11 is 6.09. The number of hydrogen-bond donors (Lipinski definition) is 0. The van der Waals surface area contributed by atoms with E-state index in [1.165, 1.54) is 0 Å². The number of hydrogen-bond acceptors (Lipinski definition) is 5. The van der Waals surface area contributed by atoms with Crippen molar-refractivity contribution in [3.05, 3.63) is 35.9 Å². The van der Waals surface area contributed by atoms with Gasteiger partial charge in [0, 0.05) is 0 Å². The number of ether oxygens (including phenoxy) is 2. The maximum atomic E-state index is 12.0. The SMILES string of the molecule is O=CC[C@H]1C(=O)OC[N+]1(Cl)C(=O)OCc1ccccc1. The molecule has 2 atom stereocenters. The highest BCUT2D eigenvalue weighted by Gasteiger charge is 2.57. The Morgan fingerprint density at radius 2 is 2.15 bits per heavy atom. The number of aldehydes is 1. The molecule has 1 aromatic carbocycles. The molecule has 6 nitrogen and oxygen atoms in total. The van der Waals surface area contributed by atoms with Gasteiger partial charge in [-0.15, -0.1) is 0 Å². The predicted octanol–water partition coefficient (Wildman–Crippen LogP) is 1.77. The van der Waals surface area contributed by atoms with Crippen molar-refractivity contribution >= 4 is 30.1 Å². The van der Waals surface area contributed by atoms with Gasteiger partial charge in [0.15, 0.2) is 11.8 Å². The lowest BCUT2D eigenvalue weighted by atomic mass is 10.2. The zero-order chi connectivity index (χ0) is 14.6. The number of carbonyl (C=O) groups excluding carboxylic acids is 3. The molecule has 0 aliphatic carbocycles. The van der Waals surface area contributed by atoms with Crippen LogP contribution in [0, 0.1) is 0 Å². The molecule has 1 saturated heterocycles. The third-order valence-electron chi connectivity index (χ3n) is 2.99. The van der Waals surface area contributed by atoms with E-state index in [4.69, 9.17) is 21.3 Å². The number of quaternary nitrogens is 1. The monoisotopic (exact) mass is 298 g/mol. The van der Waals surface area contributed by atoms with E-state index >= 15 is 0 Å². The van der Waals surface area contributed by atoms with Crippen molar-refractivity contribution in [3.63, 3.8) is 0 Å². The molecule has 20 heavy (non-hydrogen) atoms. The summed E-state index contributed by atoms with van der Waals surface area (Å²) in [5, 5.41) is 0. The van der Waals surface area contributed by atoms with Crippen LogP contribution < -0.4 is 0 Å². The molecule has 1 aliphatic rings. The third kappa shape index (κ3) is 2.81. The largest absolute Gasteiger partial charge is 0.538 e. The first-order valence-corrected chi connectivity index (χ1v) is 6.30. The molecule has 1 aromatic rings. The lowest BCUT2D eigenvalue weighted by Crippen LogP contribution is -2.50. The molecule has 1 fully saturated rings. The van der Waals surface area contributed by atoms with E-state index in [0.29, 0.717) is 6.29 Å². The first-order chi connectivity index (χ1) is 9.58. The second kappa shape index (κ2) is 6.02. The molecule has 1 unspecified atom stereocenters. The molecule has 1 amide bonds. The normalized spacial score (nSPS) is 25.1. The van der Waals surface area contributed by atoms with E-state index in [-0.39, 0.29) is 19.8 Å². The quantitative estimate of drug-likeness (QED) is 0.481. The first kappa shape index (κ1) is 14.5. The van der Waals surface area contributed by atoms with Crippen LogP contribution in [-0.2, 0) is 25.7 Å². The van der Waals surface area contributed by atoms with Crippen LogP contribution in [-0.4, -0.2) is 35.1 Å². The lowest BCUT2D eigenvalue weighted by molar-refractivity contribution is -0.760. The zero-order valence-electron chi connectivity index (χ0n) is 10.5. The van der Waals surface area contributed by atoms with Crippen molar-refractivity contribution in [2.24, 2.45) is 0 Å². The van der Waals surface area contributed by atoms with Crippen molar-refractivity contribution in [3.8, 4) is 0 Å². The van der Waals surface area contributed by atoms with E-state index in [1.54, 1.807) is 12.1 Å². The van der Waals surface area contributed by atoms with Gasteiger partial charge in [-0.2, -0.15) is 4.79 Å². The minimum Gasteiger partial charge on any atom is -0.414 e. The van der Waals surface area contributed by atoms with Crippen LogP contribution >= 0.6 is 11.8 Å². The molecule has 0 aromatic heterocycles. The summed E-state index contributed by atoms with van der Waals surface area (Å²) in [6.07, 6.45) is -0.479. The minimum absolute atomic E-state index is 0.0361. The van der Waals surface area contributed by atoms with Crippen molar-refractivity contribution in [1.29, 1.82) is 0 Å². The van der Waals surface area contributed by atoms with Crippen LogP contribution in [0.5, 0.6) is 0 Å². The third-order valence-corrected chi connectivity index (χ3v) is 3.46.